The Morgan fingerprint density at radius 3 is 2.76 bits per heavy atom. The highest BCUT2D eigenvalue weighted by atomic mass is 16.3. The smallest absolute Gasteiger partial charge is 0.191 e. The Bertz CT molecular complexity index is 430. The molecule has 0 amide bonds. The summed E-state index contributed by atoms with van der Waals surface area (Å²) < 4.78 is 0. The van der Waals surface area contributed by atoms with E-state index >= 15 is 0 Å². The number of benzene rings is 1. The molecule has 0 aliphatic rings. The molecule has 0 bridgehead atoms. The first-order valence-corrected chi connectivity index (χ1v) is 7.92. The van der Waals surface area contributed by atoms with Crippen LogP contribution in [0.15, 0.2) is 29.3 Å². The number of rotatable bonds is 8. The number of aromatic hydroxyl groups is 1. The minimum absolute atomic E-state index is 0.321. The fraction of sp³-hybridized carbons (Fsp3) is 0.588. The van der Waals surface area contributed by atoms with Crippen LogP contribution < -0.4 is 10.6 Å². The molecule has 118 valence electrons. The molecule has 0 saturated carbocycles. The van der Waals surface area contributed by atoms with E-state index in [0.717, 1.165) is 49.9 Å². The third kappa shape index (κ3) is 8.23. The molecule has 0 aliphatic heterocycles. The predicted octanol–water partition coefficient (Wildman–Crippen LogP) is 2.93. The van der Waals surface area contributed by atoms with Crippen LogP contribution in [0.3, 0.4) is 0 Å². The average Bonchev–Trinajstić information content (AvgIpc) is 2.43. The van der Waals surface area contributed by atoms with Crippen molar-refractivity contribution in [3.63, 3.8) is 0 Å². The molecular formula is C17H29N3O. The topological polar surface area (TPSA) is 56.7 Å². The molecule has 1 aromatic rings. The summed E-state index contributed by atoms with van der Waals surface area (Å²) >= 11 is 0. The molecule has 0 unspecified atom stereocenters. The molecule has 0 saturated heterocycles. The fourth-order valence-electron chi connectivity index (χ4n) is 2.07. The van der Waals surface area contributed by atoms with Gasteiger partial charge < -0.3 is 15.7 Å². The lowest BCUT2D eigenvalue weighted by Gasteiger charge is -2.11. The highest BCUT2D eigenvalue weighted by Gasteiger charge is 1.99. The lowest BCUT2D eigenvalue weighted by molar-refractivity contribution is 0.474. The second kappa shape index (κ2) is 10.1. The molecule has 1 aromatic carbocycles. The van der Waals surface area contributed by atoms with E-state index in [1.807, 2.05) is 12.1 Å². The molecule has 4 nitrogen and oxygen atoms in total. The number of nitrogens with zero attached hydrogens (tertiary/aromatic N) is 1. The van der Waals surface area contributed by atoms with Gasteiger partial charge in [0, 0.05) is 19.6 Å². The molecule has 4 heteroatoms. The van der Waals surface area contributed by atoms with Gasteiger partial charge in [-0.05, 0) is 49.8 Å². The van der Waals surface area contributed by atoms with E-state index in [2.05, 4.69) is 36.4 Å². The maximum absolute atomic E-state index is 9.44. The van der Waals surface area contributed by atoms with Crippen LogP contribution in [0.2, 0.25) is 0 Å². The Hall–Kier alpha value is -1.71. The fourth-order valence-corrected chi connectivity index (χ4v) is 2.07. The highest BCUT2D eigenvalue weighted by Crippen LogP contribution is 2.10. The van der Waals surface area contributed by atoms with Crippen molar-refractivity contribution in [3.05, 3.63) is 29.8 Å². The van der Waals surface area contributed by atoms with Crippen LogP contribution in [0, 0.1) is 5.92 Å². The van der Waals surface area contributed by atoms with Crippen LogP contribution in [0.5, 0.6) is 5.75 Å². The van der Waals surface area contributed by atoms with E-state index < -0.39 is 0 Å². The van der Waals surface area contributed by atoms with E-state index in [1.165, 1.54) is 6.42 Å². The van der Waals surface area contributed by atoms with Crippen LogP contribution in [-0.4, -0.2) is 30.7 Å². The van der Waals surface area contributed by atoms with E-state index in [1.54, 1.807) is 12.1 Å². The maximum atomic E-state index is 9.44. The van der Waals surface area contributed by atoms with Gasteiger partial charge in [0.25, 0.3) is 0 Å². The van der Waals surface area contributed by atoms with Crippen LogP contribution in [0.25, 0.3) is 0 Å². The number of hydrogen-bond acceptors (Lipinski definition) is 2. The third-order valence-corrected chi connectivity index (χ3v) is 3.17. The van der Waals surface area contributed by atoms with Crippen LogP contribution in [-0.2, 0) is 6.42 Å². The van der Waals surface area contributed by atoms with Gasteiger partial charge in [0.05, 0.1) is 0 Å². The first-order valence-electron chi connectivity index (χ1n) is 7.92. The molecule has 0 heterocycles. The van der Waals surface area contributed by atoms with Crippen molar-refractivity contribution in [2.24, 2.45) is 10.9 Å². The van der Waals surface area contributed by atoms with Crippen LogP contribution in [0.1, 0.15) is 39.2 Å². The third-order valence-electron chi connectivity index (χ3n) is 3.17. The average molecular weight is 291 g/mol. The Labute approximate surface area is 128 Å². The van der Waals surface area contributed by atoms with Crippen LogP contribution in [0.4, 0.5) is 0 Å². The quantitative estimate of drug-likeness (QED) is 0.392. The summed E-state index contributed by atoms with van der Waals surface area (Å²) in [7, 11) is 0. The molecule has 1 rings (SSSR count). The number of nitrogens with one attached hydrogen (secondary N) is 2. The molecule has 3 N–H and O–H groups in total. The monoisotopic (exact) mass is 291 g/mol. The summed E-state index contributed by atoms with van der Waals surface area (Å²) in [6.07, 6.45) is 3.21. The van der Waals surface area contributed by atoms with Crippen molar-refractivity contribution in [3.8, 4) is 5.75 Å². The predicted molar refractivity (Wildman–Crippen MR) is 89.9 cm³/mol. The second-order valence-electron chi connectivity index (χ2n) is 5.64. The molecule has 0 atom stereocenters. The largest absolute Gasteiger partial charge is 0.508 e. The summed E-state index contributed by atoms with van der Waals surface area (Å²) in [5, 5.41) is 16.0. The van der Waals surface area contributed by atoms with Gasteiger partial charge >= 0.3 is 0 Å². The van der Waals surface area contributed by atoms with Gasteiger partial charge in [0.15, 0.2) is 5.96 Å². The zero-order chi connectivity index (χ0) is 15.5. The van der Waals surface area contributed by atoms with Gasteiger partial charge in [0.2, 0.25) is 0 Å². The first kappa shape index (κ1) is 17.3. The summed E-state index contributed by atoms with van der Waals surface area (Å²) in [6.45, 7) is 9.08. The van der Waals surface area contributed by atoms with Crippen molar-refractivity contribution in [1.29, 1.82) is 0 Å². The van der Waals surface area contributed by atoms with E-state index in [0.29, 0.717) is 5.75 Å². The first-order chi connectivity index (χ1) is 10.1. The SMILES string of the molecule is CCNC(=NCCCC(C)C)NCCc1cccc(O)c1. The number of guanidine groups is 1. The van der Waals surface area contributed by atoms with Crippen molar-refractivity contribution in [2.75, 3.05) is 19.6 Å². The molecular weight excluding hydrogens is 262 g/mol. The lowest BCUT2D eigenvalue weighted by Crippen LogP contribution is -2.38. The molecule has 0 aliphatic carbocycles. The molecule has 0 aromatic heterocycles. The van der Waals surface area contributed by atoms with Crippen molar-refractivity contribution >= 4 is 5.96 Å². The summed E-state index contributed by atoms with van der Waals surface area (Å²) in [5.74, 6) is 1.93. The second-order valence-corrected chi connectivity index (χ2v) is 5.64. The minimum atomic E-state index is 0.321. The van der Waals surface area contributed by atoms with E-state index in [9.17, 15) is 5.11 Å². The Morgan fingerprint density at radius 1 is 1.29 bits per heavy atom. The van der Waals surface area contributed by atoms with Crippen molar-refractivity contribution in [2.45, 2.75) is 40.0 Å². The number of phenolic OH excluding ortho intramolecular Hbond substituents is 1. The number of hydrogen-bond donors (Lipinski definition) is 3. The van der Waals surface area contributed by atoms with Crippen molar-refractivity contribution < 1.29 is 5.11 Å². The van der Waals surface area contributed by atoms with Crippen molar-refractivity contribution in [1.82, 2.24) is 10.6 Å². The van der Waals surface area contributed by atoms with Crippen LogP contribution >= 0.6 is 0 Å². The Balaban J connectivity index is 2.34. The number of aliphatic imine (C=N–C) groups is 1. The van der Waals surface area contributed by atoms with Gasteiger partial charge in [-0.3, -0.25) is 4.99 Å². The van der Waals surface area contributed by atoms with Gasteiger partial charge in [-0.15, -0.1) is 0 Å². The van der Waals surface area contributed by atoms with Gasteiger partial charge in [0.1, 0.15) is 5.75 Å². The zero-order valence-electron chi connectivity index (χ0n) is 13.5. The van der Waals surface area contributed by atoms with Gasteiger partial charge in [-0.1, -0.05) is 26.0 Å². The van der Waals surface area contributed by atoms with Gasteiger partial charge in [-0.2, -0.15) is 0 Å². The normalized spacial score (nSPS) is 11.7. The summed E-state index contributed by atoms with van der Waals surface area (Å²) in [6, 6.07) is 7.38. The van der Waals surface area contributed by atoms with E-state index in [4.69, 9.17) is 0 Å². The summed E-state index contributed by atoms with van der Waals surface area (Å²) in [5.41, 5.74) is 1.12. The lowest BCUT2D eigenvalue weighted by atomic mass is 10.1. The molecule has 0 fully saturated rings. The number of phenols is 1. The highest BCUT2D eigenvalue weighted by molar-refractivity contribution is 5.79. The van der Waals surface area contributed by atoms with E-state index in [-0.39, 0.29) is 0 Å². The zero-order valence-corrected chi connectivity index (χ0v) is 13.5. The molecule has 21 heavy (non-hydrogen) atoms. The Morgan fingerprint density at radius 2 is 2.10 bits per heavy atom. The molecule has 0 radical (unpaired) electrons. The standard InChI is InChI=1S/C17H29N3O/c1-4-18-17(19-11-6-7-14(2)3)20-12-10-15-8-5-9-16(21)13-15/h5,8-9,13-14,21H,4,6-7,10-12H2,1-3H3,(H2,18,19,20). The van der Waals surface area contributed by atoms with Gasteiger partial charge in [-0.25, -0.2) is 0 Å². The maximum Gasteiger partial charge on any atom is 0.191 e. The molecule has 0 spiro atoms. The minimum Gasteiger partial charge on any atom is -0.508 e. The summed E-state index contributed by atoms with van der Waals surface area (Å²) in [4.78, 5) is 4.58. The Kier molecular flexibility index (Phi) is 8.32.